The van der Waals surface area contributed by atoms with Gasteiger partial charge in [0.1, 0.15) is 0 Å². The molecule has 2 aromatic carbocycles. The lowest BCUT2D eigenvalue weighted by Gasteiger charge is -2.36. The number of anilines is 2. The molecule has 2 aliphatic heterocycles. The van der Waals surface area contributed by atoms with Gasteiger partial charge in [0, 0.05) is 50.2 Å². The van der Waals surface area contributed by atoms with E-state index in [0.29, 0.717) is 19.5 Å². The number of carbonyl (C=O) groups excluding carboxylic acids is 2. The number of carbonyl (C=O) groups is 2. The molecule has 0 atom stereocenters. The van der Waals surface area contributed by atoms with E-state index in [1.807, 2.05) is 49.2 Å². The molecule has 2 aromatic rings. The number of benzene rings is 2. The lowest BCUT2D eigenvalue weighted by Crippen LogP contribution is -2.48. The van der Waals surface area contributed by atoms with Crippen molar-refractivity contribution >= 4 is 23.2 Å². The van der Waals surface area contributed by atoms with Gasteiger partial charge in [-0.15, -0.1) is 0 Å². The Balaban J connectivity index is 1.44. The van der Waals surface area contributed by atoms with Gasteiger partial charge < -0.3 is 14.7 Å². The van der Waals surface area contributed by atoms with Gasteiger partial charge in [-0.3, -0.25) is 9.59 Å². The fraction of sp³-hybridized carbons (Fsp3) is 0.333. The fourth-order valence-corrected chi connectivity index (χ4v) is 3.78. The number of amides is 2. The van der Waals surface area contributed by atoms with Crippen LogP contribution in [0.1, 0.15) is 21.5 Å². The minimum atomic E-state index is 0.106. The Morgan fingerprint density at radius 1 is 1.00 bits per heavy atom. The van der Waals surface area contributed by atoms with Crippen LogP contribution in [0.25, 0.3) is 0 Å². The van der Waals surface area contributed by atoms with Crippen molar-refractivity contribution in [1.29, 1.82) is 0 Å². The maximum atomic E-state index is 12.7. The van der Waals surface area contributed by atoms with Crippen LogP contribution in [-0.2, 0) is 11.2 Å². The van der Waals surface area contributed by atoms with Crippen molar-refractivity contribution in [3.63, 3.8) is 0 Å². The number of likely N-dealkylation sites (N-methyl/N-ethyl adjacent to an activating group) is 1. The van der Waals surface area contributed by atoms with Gasteiger partial charge in [-0.05, 0) is 42.8 Å². The Labute approximate surface area is 153 Å². The van der Waals surface area contributed by atoms with Gasteiger partial charge in [0.2, 0.25) is 5.91 Å². The van der Waals surface area contributed by atoms with E-state index in [9.17, 15) is 9.59 Å². The van der Waals surface area contributed by atoms with E-state index in [2.05, 4.69) is 17.0 Å². The van der Waals surface area contributed by atoms with Crippen molar-refractivity contribution in [3.8, 4) is 0 Å². The van der Waals surface area contributed by atoms with E-state index in [4.69, 9.17) is 0 Å². The summed E-state index contributed by atoms with van der Waals surface area (Å²) in [6, 6.07) is 14.0. The van der Waals surface area contributed by atoms with E-state index in [-0.39, 0.29) is 11.8 Å². The van der Waals surface area contributed by atoms with Crippen LogP contribution in [0.4, 0.5) is 11.4 Å². The largest absolute Gasteiger partial charge is 0.368 e. The van der Waals surface area contributed by atoms with E-state index >= 15 is 0 Å². The Hall–Kier alpha value is -2.82. The van der Waals surface area contributed by atoms with E-state index in [0.717, 1.165) is 41.2 Å². The maximum Gasteiger partial charge on any atom is 0.253 e. The molecule has 134 valence electrons. The molecule has 2 amide bonds. The van der Waals surface area contributed by atoms with Crippen LogP contribution in [0.2, 0.25) is 0 Å². The van der Waals surface area contributed by atoms with E-state index < -0.39 is 0 Å². The standard InChI is InChI=1S/C21H23N3O2/c1-15-4-3-5-16(12-15)21(26)24-10-8-23(9-11-24)18-6-7-19-17(13-18)14-20(25)22(19)2/h3-7,12-13H,8-11,14H2,1-2H3. The van der Waals surface area contributed by atoms with Gasteiger partial charge >= 0.3 is 0 Å². The van der Waals surface area contributed by atoms with Crippen LogP contribution in [0, 0.1) is 6.92 Å². The number of aryl methyl sites for hydroxylation is 1. The van der Waals surface area contributed by atoms with Crippen LogP contribution < -0.4 is 9.80 Å². The number of hydrogen-bond donors (Lipinski definition) is 0. The third-order valence-corrected chi connectivity index (χ3v) is 5.34. The summed E-state index contributed by atoms with van der Waals surface area (Å²) < 4.78 is 0. The van der Waals surface area contributed by atoms with Crippen LogP contribution >= 0.6 is 0 Å². The fourth-order valence-electron chi connectivity index (χ4n) is 3.78. The number of nitrogens with zero attached hydrogens (tertiary/aromatic N) is 3. The highest BCUT2D eigenvalue weighted by Crippen LogP contribution is 2.31. The first kappa shape index (κ1) is 16.6. The lowest BCUT2D eigenvalue weighted by molar-refractivity contribution is -0.117. The molecule has 0 spiro atoms. The molecule has 0 saturated carbocycles. The molecule has 0 aliphatic carbocycles. The van der Waals surface area contributed by atoms with Gasteiger partial charge in [0.25, 0.3) is 5.91 Å². The van der Waals surface area contributed by atoms with Crippen molar-refractivity contribution in [2.24, 2.45) is 0 Å². The summed E-state index contributed by atoms with van der Waals surface area (Å²) in [5.41, 5.74) is 5.10. The minimum Gasteiger partial charge on any atom is -0.368 e. The monoisotopic (exact) mass is 349 g/mol. The molecule has 5 heteroatoms. The average Bonchev–Trinajstić information content (AvgIpc) is 2.95. The number of fused-ring (bicyclic) bond motifs is 1. The summed E-state index contributed by atoms with van der Waals surface area (Å²) >= 11 is 0. The molecule has 26 heavy (non-hydrogen) atoms. The molecule has 5 nitrogen and oxygen atoms in total. The number of rotatable bonds is 2. The van der Waals surface area contributed by atoms with Crippen LogP contribution in [0.3, 0.4) is 0 Å². The number of hydrogen-bond acceptors (Lipinski definition) is 3. The zero-order valence-corrected chi connectivity index (χ0v) is 15.2. The van der Waals surface area contributed by atoms with Crippen molar-refractivity contribution in [2.45, 2.75) is 13.3 Å². The Morgan fingerprint density at radius 2 is 1.77 bits per heavy atom. The van der Waals surface area contributed by atoms with Crippen LogP contribution in [0.5, 0.6) is 0 Å². The van der Waals surface area contributed by atoms with Crippen molar-refractivity contribution < 1.29 is 9.59 Å². The second kappa shape index (κ2) is 6.48. The topological polar surface area (TPSA) is 43.9 Å². The van der Waals surface area contributed by atoms with Crippen molar-refractivity contribution in [2.75, 3.05) is 43.0 Å². The molecule has 4 rings (SSSR count). The normalized spacial score (nSPS) is 16.8. The zero-order valence-electron chi connectivity index (χ0n) is 15.2. The lowest BCUT2D eigenvalue weighted by atomic mass is 10.1. The summed E-state index contributed by atoms with van der Waals surface area (Å²) in [4.78, 5) is 30.5. The molecule has 0 radical (unpaired) electrons. The van der Waals surface area contributed by atoms with Gasteiger partial charge in [-0.2, -0.15) is 0 Å². The molecule has 2 heterocycles. The molecule has 1 saturated heterocycles. The maximum absolute atomic E-state index is 12.7. The summed E-state index contributed by atoms with van der Waals surface area (Å²) in [5.74, 6) is 0.250. The third-order valence-electron chi connectivity index (χ3n) is 5.34. The first-order valence-corrected chi connectivity index (χ1v) is 9.03. The average molecular weight is 349 g/mol. The second-order valence-electron chi connectivity index (χ2n) is 7.09. The highest BCUT2D eigenvalue weighted by Gasteiger charge is 2.26. The molecule has 2 aliphatic rings. The first-order valence-electron chi connectivity index (χ1n) is 9.03. The molecule has 0 bridgehead atoms. The quantitative estimate of drug-likeness (QED) is 0.837. The molecule has 0 unspecified atom stereocenters. The van der Waals surface area contributed by atoms with Gasteiger partial charge in [-0.25, -0.2) is 0 Å². The van der Waals surface area contributed by atoms with Crippen molar-refractivity contribution in [3.05, 3.63) is 59.2 Å². The Morgan fingerprint density at radius 3 is 2.50 bits per heavy atom. The van der Waals surface area contributed by atoms with E-state index in [1.54, 1.807) is 4.90 Å². The molecule has 1 fully saturated rings. The SMILES string of the molecule is Cc1cccc(C(=O)N2CCN(c3ccc4c(c3)CC(=O)N4C)CC2)c1. The highest BCUT2D eigenvalue weighted by molar-refractivity contribution is 6.01. The van der Waals surface area contributed by atoms with Gasteiger partial charge in [-0.1, -0.05) is 17.7 Å². The minimum absolute atomic E-state index is 0.106. The summed E-state index contributed by atoms with van der Waals surface area (Å²) in [5, 5.41) is 0. The third kappa shape index (κ3) is 2.94. The highest BCUT2D eigenvalue weighted by atomic mass is 16.2. The Bertz CT molecular complexity index is 869. The molecular weight excluding hydrogens is 326 g/mol. The summed E-state index contributed by atoms with van der Waals surface area (Å²) in [6.45, 7) is 5.04. The van der Waals surface area contributed by atoms with E-state index in [1.165, 1.54) is 0 Å². The Kier molecular flexibility index (Phi) is 4.15. The predicted molar refractivity (Wildman–Crippen MR) is 103 cm³/mol. The molecular formula is C21H23N3O2. The van der Waals surface area contributed by atoms with Crippen LogP contribution in [0.15, 0.2) is 42.5 Å². The summed E-state index contributed by atoms with van der Waals surface area (Å²) in [7, 11) is 1.82. The smallest absolute Gasteiger partial charge is 0.253 e. The second-order valence-corrected chi connectivity index (χ2v) is 7.09. The van der Waals surface area contributed by atoms with Gasteiger partial charge in [0.05, 0.1) is 6.42 Å². The van der Waals surface area contributed by atoms with Gasteiger partial charge in [0.15, 0.2) is 0 Å². The number of piperazine rings is 1. The molecule has 0 N–H and O–H groups in total. The zero-order chi connectivity index (χ0) is 18.3. The summed E-state index contributed by atoms with van der Waals surface area (Å²) in [6.07, 6.45) is 0.478. The van der Waals surface area contributed by atoms with Crippen molar-refractivity contribution in [1.82, 2.24) is 4.90 Å². The molecule has 0 aromatic heterocycles. The van der Waals surface area contributed by atoms with Crippen LogP contribution in [-0.4, -0.2) is 49.9 Å². The predicted octanol–water partition coefficient (Wildman–Crippen LogP) is 2.48. The first-order chi connectivity index (χ1) is 12.5.